The fourth-order valence-corrected chi connectivity index (χ4v) is 8.83. The Morgan fingerprint density at radius 3 is 2.46 bits per heavy atom. The Balaban J connectivity index is 1.10. The van der Waals surface area contributed by atoms with E-state index >= 15 is 0 Å². The first-order chi connectivity index (χ1) is 24.3. The number of hydrogen-bond acceptors (Lipinski definition) is 11. The molecule has 2 fully saturated rings. The van der Waals surface area contributed by atoms with Crippen molar-refractivity contribution in [2.24, 2.45) is 7.05 Å². The van der Waals surface area contributed by atoms with Crippen LogP contribution in [-0.2, 0) is 7.05 Å². The van der Waals surface area contributed by atoms with Crippen molar-refractivity contribution in [3.8, 4) is 16.9 Å². The van der Waals surface area contributed by atoms with Gasteiger partial charge in [-0.3, -0.25) is 9.67 Å². The van der Waals surface area contributed by atoms with Gasteiger partial charge in [-0.2, -0.15) is 10.1 Å². The highest BCUT2D eigenvalue weighted by atomic mass is 79.9. The third kappa shape index (κ3) is 6.61. The predicted molar refractivity (Wildman–Crippen MR) is 210 cm³/mol. The summed E-state index contributed by atoms with van der Waals surface area (Å²) in [6.07, 6.45) is 10.1. The summed E-state index contributed by atoms with van der Waals surface area (Å²) in [5.41, 5.74) is 7.22. The molecule has 0 spiro atoms. The Kier molecular flexibility index (Phi) is 9.05. The molecule has 2 aliphatic rings. The Morgan fingerprint density at radius 1 is 0.940 bits per heavy atom. The number of pyridine rings is 1. The highest BCUT2D eigenvalue weighted by molar-refractivity contribution is 9.10. The van der Waals surface area contributed by atoms with Gasteiger partial charge in [0.2, 0.25) is 5.95 Å². The maximum Gasteiger partial charge on any atom is 0.229 e. The van der Waals surface area contributed by atoms with E-state index in [1.54, 1.807) is 24.6 Å². The van der Waals surface area contributed by atoms with Crippen molar-refractivity contribution in [2.45, 2.75) is 18.8 Å². The molecule has 11 nitrogen and oxygen atoms in total. The zero-order valence-corrected chi connectivity index (χ0v) is 31.7. The van der Waals surface area contributed by atoms with Gasteiger partial charge in [0.1, 0.15) is 11.6 Å². The second-order valence-corrected chi connectivity index (χ2v) is 16.8. The minimum absolute atomic E-state index is 0.440. The van der Waals surface area contributed by atoms with Crippen molar-refractivity contribution in [3.05, 3.63) is 76.7 Å². The number of piperazine rings is 1. The Hall–Kier alpha value is -4.32. The lowest BCUT2D eigenvalue weighted by Crippen LogP contribution is -2.46. The van der Waals surface area contributed by atoms with Crippen molar-refractivity contribution in [1.82, 2.24) is 29.7 Å². The van der Waals surface area contributed by atoms with Gasteiger partial charge in [0.15, 0.2) is 5.13 Å². The van der Waals surface area contributed by atoms with E-state index in [1.807, 2.05) is 35.7 Å². The van der Waals surface area contributed by atoms with Gasteiger partial charge >= 0.3 is 0 Å². The van der Waals surface area contributed by atoms with Crippen LogP contribution < -0.4 is 30.5 Å². The summed E-state index contributed by atoms with van der Waals surface area (Å²) in [4.78, 5) is 23.9. The highest BCUT2D eigenvalue weighted by Crippen LogP contribution is 2.42. The lowest BCUT2D eigenvalue weighted by molar-refractivity contribution is 0.416. The van der Waals surface area contributed by atoms with Crippen LogP contribution in [0.5, 0.6) is 5.75 Å². The van der Waals surface area contributed by atoms with E-state index in [-0.39, 0.29) is 0 Å². The van der Waals surface area contributed by atoms with Crippen molar-refractivity contribution in [2.75, 3.05) is 67.1 Å². The van der Waals surface area contributed by atoms with Crippen molar-refractivity contribution in [1.29, 1.82) is 0 Å². The summed E-state index contributed by atoms with van der Waals surface area (Å²) in [5.74, 6) is 2.44. The zero-order valence-electron chi connectivity index (χ0n) is 28.4. The third-order valence-corrected chi connectivity index (χ3v) is 12.0. The number of hydrogen-bond donors (Lipinski definition) is 2. The first-order valence-electron chi connectivity index (χ1n) is 16.6. The molecule has 2 aromatic carbocycles. The zero-order chi connectivity index (χ0) is 34.4. The average Bonchev–Trinajstić information content (AvgIpc) is 3.65. The summed E-state index contributed by atoms with van der Waals surface area (Å²) in [6, 6.07) is 12.9. The summed E-state index contributed by atoms with van der Waals surface area (Å²) in [7, 11) is 3.19. The molecule has 1 aliphatic carbocycles. The van der Waals surface area contributed by atoms with Crippen LogP contribution >= 0.6 is 35.2 Å². The summed E-state index contributed by atoms with van der Waals surface area (Å²) < 4.78 is 8.57. The molecule has 1 saturated heterocycles. The molecule has 1 saturated carbocycles. The summed E-state index contributed by atoms with van der Waals surface area (Å²) in [5, 5.41) is 17.1. The SMILES string of the molecule is COc1cc(N2CCN(c3nccs3)CC2)c(-c2cnn(C)c2)cc1Nc1ncc(Br)c(Nc2ccc3nc(C4CC4)ccc3c2P(C)C)n1. The van der Waals surface area contributed by atoms with Gasteiger partial charge in [-0.25, -0.2) is 9.97 Å². The number of rotatable bonds is 10. The molecule has 4 aromatic heterocycles. The van der Waals surface area contributed by atoms with Gasteiger partial charge in [0.25, 0.3) is 0 Å². The number of methoxy groups -OCH3 is 1. The largest absolute Gasteiger partial charge is 0.494 e. The van der Waals surface area contributed by atoms with Gasteiger partial charge < -0.3 is 25.2 Å². The van der Waals surface area contributed by atoms with E-state index in [9.17, 15) is 0 Å². The summed E-state index contributed by atoms with van der Waals surface area (Å²) in [6.45, 7) is 8.06. The Bertz CT molecular complexity index is 2160. The molecular weight excluding hydrogens is 731 g/mol. The van der Waals surface area contributed by atoms with Crippen LogP contribution in [0.15, 0.2) is 71.0 Å². The second kappa shape index (κ2) is 13.8. The van der Waals surface area contributed by atoms with Crippen LogP contribution in [0.3, 0.4) is 0 Å². The van der Waals surface area contributed by atoms with Crippen molar-refractivity contribution >= 4 is 85.4 Å². The number of thiazole rings is 1. The molecule has 0 bridgehead atoms. The minimum Gasteiger partial charge on any atom is -0.494 e. The second-order valence-electron chi connectivity index (χ2n) is 12.8. The number of halogens is 1. The molecule has 14 heteroatoms. The van der Waals surface area contributed by atoms with E-state index < -0.39 is 7.92 Å². The van der Waals surface area contributed by atoms with Crippen molar-refractivity contribution in [3.63, 3.8) is 0 Å². The third-order valence-electron chi connectivity index (χ3n) is 9.19. The van der Waals surface area contributed by atoms with Crippen LogP contribution in [0.4, 0.5) is 34.0 Å². The van der Waals surface area contributed by atoms with Gasteiger partial charge in [0, 0.05) is 108 Å². The standard InChI is InChI=1S/C36H38BrN10OPS/c1-45-21-23(19-40-45)25-17-30(32(48-2)18-31(25)46-12-14-47(15-13-46)36-38-11-16-50-36)43-35-39-20-26(37)34(44-35)42-29-10-9-28-24(33(29)49(3)4)7-8-27(41-28)22-5-6-22/h7-11,16-22H,5-6,12-15H2,1-4H3,(H2,39,42,43,44). The van der Waals surface area contributed by atoms with Crippen molar-refractivity contribution < 1.29 is 4.74 Å². The van der Waals surface area contributed by atoms with Crippen LogP contribution in [0.25, 0.3) is 22.0 Å². The average molecular weight is 770 g/mol. The van der Waals surface area contributed by atoms with Crippen LogP contribution in [0, 0.1) is 0 Å². The van der Waals surface area contributed by atoms with Crippen LogP contribution in [0.1, 0.15) is 24.5 Å². The van der Waals surface area contributed by atoms with Crippen LogP contribution in [0.2, 0.25) is 0 Å². The number of ether oxygens (including phenoxy) is 1. The Morgan fingerprint density at radius 2 is 1.76 bits per heavy atom. The van der Waals surface area contributed by atoms with E-state index in [4.69, 9.17) is 14.7 Å². The molecule has 256 valence electrons. The van der Waals surface area contributed by atoms with Gasteiger partial charge in [-0.05, 0) is 66.4 Å². The Labute approximate surface area is 305 Å². The first-order valence-corrected chi connectivity index (χ1v) is 20.5. The number of nitrogens with one attached hydrogen (secondary N) is 2. The van der Waals surface area contributed by atoms with Gasteiger partial charge in [-0.15, -0.1) is 11.3 Å². The molecule has 0 radical (unpaired) electrons. The molecule has 0 unspecified atom stereocenters. The molecule has 0 amide bonds. The lowest BCUT2D eigenvalue weighted by atomic mass is 10.0. The number of fused-ring (bicyclic) bond motifs is 1. The maximum atomic E-state index is 5.97. The molecule has 2 N–H and O–H groups in total. The topological polar surface area (TPSA) is 109 Å². The highest BCUT2D eigenvalue weighted by Gasteiger charge is 2.26. The smallest absolute Gasteiger partial charge is 0.229 e. The van der Waals surface area contributed by atoms with Gasteiger partial charge in [0.05, 0.1) is 29.0 Å². The number of nitrogens with zero attached hydrogens (tertiary/aromatic N) is 8. The molecule has 0 atom stereocenters. The maximum absolute atomic E-state index is 5.97. The first kappa shape index (κ1) is 32.9. The lowest BCUT2D eigenvalue weighted by Gasteiger charge is -2.37. The van der Waals surface area contributed by atoms with Gasteiger partial charge in [-0.1, -0.05) is 14.0 Å². The quantitative estimate of drug-likeness (QED) is 0.135. The fourth-order valence-electron chi connectivity index (χ4n) is 6.56. The van der Waals surface area contributed by atoms with Crippen LogP contribution in [-0.4, -0.2) is 76.3 Å². The van der Waals surface area contributed by atoms with E-state index in [0.29, 0.717) is 23.4 Å². The number of aryl methyl sites for hydroxylation is 1. The van der Waals surface area contributed by atoms with E-state index in [1.165, 1.54) is 29.2 Å². The molecule has 5 heterocycles. The van der Waals surface area contributed by atoms with E-state index in [0.717, 1.165) is 69.5 Å². The fraction of sp³-hybridized carbons (Fsp3) is 0.306. The molecule has 6 aromatic rings. The normalized spacial score (nSPS) is 14.8. The number of benzene rings is 2. The monoisotopic (exact) mass is 768 g/mol. The molecule has 1 aliphatic heterocycles. The number of aromatic nitrogens is 6. The molecule has 8 rings (SSSR count). The number of anilines is 6. The van der Waals surface area contributed by atoms with E-state index in [2.05, 4.69) is 101 Å². The minimum atomic E-state index is -0.440. The molecule has 50 heavy (non-hydrogen) atoms. The molecular formula is C36H38BrN10OPS. The predicted octanol–water partition coefficient (Wildman–Crippen LogP) is 7.71. The summed E-state index contributed by atoms with van der Waals surface area (Å²) >= 11 is 5.37.